The van der Waals surface area contributed by atoms with E-state index in [1.807, 2.05) is 0 Å². The van der Waals surface area contributed by atoms with Gasteiger partial charge in [0.2, 0.25) is 0 Å². The largest absolute Gasteiger partial charge is 0.456 e. The van der Waals surface area contributed by atoms with Crippen LogP contribution in [0, 0.1) is 0 Å². The molecule has 0 aliphatic heterocycles. The Balaban J connectivity index is 1.36. The van der Waals surface area contributed by atoms with E-state index >= 15 is 0 Å². The molecule has 0 aliphatic rings. The van der Waals surface area contributed by atoms with Crippen LogP contribution in [0.5, 0.6) is 34.5 Å². The van der Waals surface area contributed by atoms with Crippen molar-refractivity contribution in [1.82, 2.24) is 0 Å². The highest BCUT2D eigenvalue weighted by Gasteiger charge is 2.23. The maximum absolute atomic E-state index is 13.7. The van der Waals surface area contributed by atoms with Crippen molar-refractivity contribution in [2.24, 2.45) is 0 Å². The lowest BCUT2D eigenvalue weighted by Gasteiger charge is -2.13. The van der Waals surface area contributed by atoms with Gasteiger partial charge in [-0.2, -0.15) is 0 Å². The Morgan fingerprint density at radius 3 is 1.34 bits per heavy atom. The van der Waals surface area contributed by atoms with Crippen molar-refractivity contribution in [3.05, 3.63) is 142 Å². The molecular weight excluding hydrogens is 728 g/mol. The van der Waals surface area contributed by atoms with Crippen molar-refractivity contribution in [3.63, 3.8) is 0 Å². The van der Waals surface area contributed by atoms with E-state index in [-0.39, 0.29) is 67.9 Å². The minimum atomic E-state index is -1.02. The second-order valence-corrected chi connectivity index (χ2v) is 11.7. The Hall–Kier alpha value is -7.87. The highest BCUT2D eigenvalue weighted by molar-refractivity contribution is 5.99. The number of hydrogen-bond acceptors (Lipinski definition) is 14. The average molecular weight is 757 g/mol. The Bertz CT molecular complexity index is 2600. The average Bonchev–Trinajstić information content (AvgIpc) is 3.14. The maximum Gasteiger partial charge on any atom is 0.347 e. The van der Waals surface area contributed by atoms with E-state index in [1.54, 1.807) is 18.2 Å². The van der Waals surface area contributed by atoms with E-state index in [2.05, 4.69) is 0 Å². The zero-order valence-electron chi connectivity index (χ0n) is 29.7. The lowest BCUT2D eigenvalue weighted by atomic mass is 10.1. The molecule has 6 aromatic rings. The van der Waals surface area contributed by atoms with Crippen molar-refractivity contribution in [2.75, 3.05) is 0 Å². The molecular formula is C42H28O14. The van der Waals surface area contributed by atoms with E-state index in [9.17, 15) is 33.6 Å². The molecule has 0 spiro atoms. The molecule has 0 amide bonds. The van der Waals surface area contributed by atoms with Gasteiger partial charge in [0.05, 0.1) is 0 Å². The highest BCUT2D eigenvalue weighted by Crippen LogP contribution is 2.35. The van der Waals surface area contributed by atoms with Crippen LogP contribution in [0.15, 0.2) is 124 Å². The third-order valence-electron chi connectivity index (χ3n) is 7.61. The summed E-state index contributed by atoms with van der Waals surface area (Å²) in [7, 11) is 0. The predicted molar refractivity (Wildman–Crippen MR) is 196 cm³/mol. The fourth-order valence-electron chi connectivity index (χ4n) is 5.31. The summed E-state index contributed by atoms with van der Waals surface area (Å²) in [5.41, 5.74) is -0.707. The first-order valence-corrected chi connectivity index (χ1v) is 16.6. The number of carbonyl (C=O) groups is 6. The molecule has 56 heavy (non-hydrogen) atoms. The van der Waals surface area contributed by atoms with Crippen LogP contribution in [0.3, 0.4) is 0 Å². The molecule has 0 saturated heterocycles. The zero-order valence-corrected chi connectivity index (χ0v) is 29.7. The summed E-state index contributed by atoms with van der Waals surface area (Å²) in [5.74, 6) is -5.35. The minimum absolute atomic E-state index is 0.0186. The van der Waals surface area contributed by atoms with Crippen molar-refractivity contribution in [3.8, 4) is 45.8 Å². The molecule has 1 aromatic heterocycles. The van der Waals surface area contributed by atoms with E-state index in [0.717, 1.165) is 19.1 Å². The van der Waals surface area contributed by atoms with Gasteiger partial charge in [-0.05, 0) is 60.7 Å². The quantitative estimate of drug-likeness (QED) is 0.104. The van der Waals surface area contributed by atoms with Crippen molar-refractivity contribution < 1.29 is 61.6 Å². The topological polar surface area (TPSA) is 188 Å². The molecule has 0 atom stereocenters. The highest BCUT2D eigenvalue weighted by atomic mass is 16.6. The standard InChI is InChI=1S/C42H28O14/c1-23(43)50-33-13-7-4-10-29(33)40(47)53-27-18-16-26(17-19-27)36-22-32(46)39-37(55-36)20-28(54-41(48)30-11-5-8-14-34(30)51-24(2)44)21-38(39)56-42(49)31-12-6-9-15-35(31)52-25(3)45/h4-22H,1-3H3. The molecule has 0 aliphatic carbocycles. The summed E-state index contributed by atoms with van der Waals surface area (Å²) >= 11 is 0. The second kappa shape index (κ2) is 16.4. The summed E-state index contributed by atoms with van der Waals surface area (Å²) in [6.45, 7) is 3.52. The Labute approximate surface area is 316 Å². The van der Waals surface area contributed by atoms with Gasteiger partial charge in [0.15, 0.2) is 5.43 Å². The van der Waals surface area contributed by atoms with Gasteiger partial charge in [-0.3, -0.25) is 19.2 Å². The number of para-hydroxylation sites is 3. The summed E-state index contributed by atoms with van der Waals surface area (Å²) < 4.78 is 38.2. The van der Waals surface area contributed by atoms with E-state index in [0.29, 0.717) is 5.56 Å². The van der Waals surface area contributed by atoms with Crippen molar-refractivity contribution in [1.29, 1.82) is 0 Å². The smallest absolute Gasteiger partial charge is 0.347 e. The van der Waals surface area contributed by atoms with E-state index in [1.165, 1.54) is 98.8 Å². The van der Waals surface area contributed by atoms with Gasteiger partial charge in [0, 0.05) is 44.5 Å². The fraction of sp³-hybridized carbons (Fsp3) is 0.0714. The summed E-state index contributed by atoms with van der Waals surface area (Å²) in [5, 5.41) is -0.204. The van der Waals surface area contributed by atoms with Gasteiger partial charge in [0.1, 0.15) is 67.9 Å². The first-order chi connectivity index (χ1) is 26.9. The van der Waals surface area contributed by atoms with Crippen LogP contribution in [-0.4, -0.2) is 35.8 Å². The summed E-state index contributed by atoms with van der Waals surface area (Å²) in [6.07, 6.45) is 0. The predicted octanol–water partition coefficient (Wildman–Crippen LogP) is 6.89. The Morgan fingerprint density at radius 1 is 0.446 bits per heavy atom. The normalized spacial score (nSPS) is 10.6. The van der Waals surface area contributed by atoms with Crippen LogP contribution in [0.1, 0.15) is 51.8 Å². The number of rotatable bonds is 10. The fourth-order valence-corrected chi connectivity index (χ4v) is 5.31. The Kier molecular flexibility index (Phi) is 11.1. The molecule has 6 rings (SSSR count). The molecule has 5 aromatic carbocycles. The van der Waals surface area contributed by atoms with Crippen LogP contribution in [0.2, 0.25) is 0 Å². The van der Waals surface area contributed by atoms with Crippen LogP contribution in [-0.2, 0) is 14.4 Å². The lowest BCUT2D eigenvalue weighted by Crippen LogP contribution is -2.15. The molecule has 0 fully saturated rings. The monoisotopic (exact) mass is 756 g/mol. The SMILES string of the molecule is CC(=O)Oc1ccccc1C(=O)Oc1ccc(-c2cc(=O)c3c(OC(=O)c4ccccc4OC(C)=O)cc(OC(=O)c4ccccc4OC(C)=O)cc3o2)cc1. The van der Waals surface area contributed by atoms with Gasteiger partial charge in [0.25, 0.3) is 0 Å². The Morgan fingerprint density at radius 2 is 0.875 bits per heavy atom. The van der Waals surface area contributed by atoms with E-state index in [4.69, 9.17) is 32.8 Å². The van der Waals surface area contributed by atoms with Crippen molar-refractivity contribution in [2.45, 2.75) is 20.8 Å². The molecule has 280 valence electrons. The van der Waals surface area contributed by atoms with Gasteiger partial charge in [-0.15, -0.1) is 0 Å². The van der Waals surface area contributed by atoms with Crippen LogP contribution in [0.4, 0.5) is 0 Å². The van der Waals surface area contributed by atoms with Gasteiger partial charge in [-0.1, -0.05) is 36.4 Å². The second-order valence-electron chi connectivity index (χ2n) is 11.7. The number of hydrogen-bond donors (Lipinski definition) is 0. The molecule has 0 radical (unpaired) electrons. The van der Waals surface area contributed by atoms with Crippen LogP contribution >= 0.6 is 0 Å². The summed E-state index contributed by atoms with van der Waals surface area (Å²) in [4.78, 5) is 88.3. The molecule has 0 bridgehead atoms. The molecule has 0 N–H and O–H groups in total. The van der Waals surface area contributed by atoms with Crippen molar-refractivity contribution >= 4 is 46.8 Å². The molecule has 14 heteroatoms. The summed E-state index contributed by atoms with van der Waals surface area (Å²) in [6, 6.07) is 27.1. The number of benzene rings is 5. The third kappa shape index (κ3) is 8.83. The van der Waals surface area contributed by atoms with Gasteiger partial charge < -0.3 is 32.8 Å². The first kappa shape index (κ1) is 37.9. The van der Waals surface area contributed by atoms with E-state index < -0.39 is 41.2 Å². The number of fused-ring (bicyclic) bond motifs is 1. The minimum Gasteiger partial charge on any atom is -0.456 e. The molecule has 0 unspecified atom stereocenters. The van der Waals surface area contributed by atoms with Crippen LogP contribution < -0.4 is 33.8 Å². The molecule has 0 saturated carbocycles. The van der Waals surface area contributed by atoms with Gasteiger partial charge >= 0.3 is 35.8 Å². The van der Waals surface area contributed by atoms with Crippen LogP contribution in [0.25, 0.3) is 22.3 Å². The molecule has 1 heterocycles. The van der Waals surface area contributed by atoms with Gasteiger partial charge in [-0.25, -0.2) is 14.4 Å². The first-order valence-electron chi connectivity index (χ1n) is 16.6. The number of esters is 6. The number of carbonyl (C=O) groups excluding carboxylic acids is 6. The molecule has 14 nitrogen and oxygen atoms in total. The lowest BCUT2D eigenvalue weighted by molar-refractivity contribution is -0.132. The zero-order chi connectivity index (χ0) is 39.9. The number of ether oxygens (including phenoxy) is 6. The maximum atomic E-state index is 13.7. The third-order valence-corrected chi connectivity index (χ3v) is 7.61.